The fraction of sp³-hybridized carbons (Fsp3) is 0.462. The summed E-state index contributed by atoms with van der Waals surface area (Å²) in [6, 6.07) is 3.00. The first-order valence-corrected chi connectivity index (χ1v) is 6.74. The Kier molecular flexibility index (Phi) is 6.42. The van der Waals surface area contributed by atoms with Crippen LogP contribution in [0.15, 0.2) is 12.1 Å². The van der Waals surface area contributed by atoms with E-state index in [1.54, 1.807) is 0 Å². The molecule has 6 heteroatoms. The molecule has 19 heavy (non-hydrogen) atoms. The van der Waals surface area contributed by atoms with E-state index < -0.39 is 6.10 Å². The molecule has 0 heterocycles. The fourth-order valence-electron chi connectivity index (χ4n) is 1.54. The van der Waals surface area contributed by atoms with Crippen molar-refractivity contribution in [1.82, 2.24) is 5.32 Å². The van der Waals surface area contributed by atoms with Crippen LogP contribution >= 0.6 is 23.2 Å². The summed E-state index contributed by atoms with van der Waals surface area (Å²) >= 11 is 11.9. The Morgan fingerprint density at radius 1 is 1.42 bits per heavy atom. The Morgan fingerprint density at radius 3 is 2.47 bits per heavy atom. The van der Waals surface area contributed by atoms with E-state index in [-0.39, 0.29) is 16.0 Å². The van der Waals surface area contributed by atoms with Crippen LogP contribution in [-0.4, -0.2) is 30.8 Å². The molecule has 0 saturated carbocycles. The van der Waals surface area contributed by atoms with Crippen molar-refractivity contribution in [2.75, 3.05) is 13.7 Å². The van der Waals surface area contributed by atoms with Crippen LogP contribution < -0.4 is 10.1 Å². The van der Waals surface area contributed by atoms with E-state index in [0.717, 1.165) is 0 Å². The van der Waals surface area contributed by atoms with Crippen LogP contribution in [0.5, 0.6) is 5.75 Å². The molecule has 0 spiro atoms. The molecule has 0 aliphatic carbocycles. The molecule has 0 aliphatic heterocycles. The normalized spacial score (nSPS) is 12.1. The van der Waals surface area contributed by atoms with Crippen molar-refractivity contribution < 1.29 is 14.6 Å². The van der Waals surface area contributed by atoms with Gasteiger partial charge >= 0.3 is 0 Å². The highest BCUT2D eigenvalue weighted by atomic mass is 35.5. The van der Waals surface area contributed by atoms with E-state index in [1.807, 2.05) is 6.92 Å². The summed E-state index contributed by atoms with van der Waals surface area (Å²) in [6.07, 6.45) is 0.777. The number of hydrogen-bond donors (Lipinski definition) is 2. The van der Waals surface area contributed by atoms with E-state index in [9.17, 15) is 9.90 Å². The Morgan fingerprint density at radius 2 is 2.00 bits per heavy atom. The van der Waals surface area contributed by atoms with Gasteiger partial charge in [-0.15, -0.1) is 0 Å². The summed E-state index contributed by atoms with van der Waals surface area (Å²) in [4.78, 5) is 11.9. The maximum absolute atomic E-state index is 11.9. The number of aliphatic hydroxyl groups excluding tert-OH is 1. The molecule has 1 rings (SSSR count). The minimum absolute atomic E-state index is 0.283. The van der Waals surface area contributed by atoms with Gasteiger partial charge in [0.2, 0.25) is 0 Å². The first kappa shape index (κ1) is 16.1. The van der Waals surface area contributed by atoms with Gasteiger partial charge in [0.1, 0.15) is 0 Å². The third-order valence-corrected chi connectivity index (χ3v) is 3.26. The molecule has 0 radical (unpaired) electrons. The van der Waals surface area contributed by atoms with E-state index in [1.165, 1.54) is 19.2 Å². The molecular weight excluding hydrogens is 289 g/mol. The van der Waals surface area contributed by atoms with Gasteiger partial charge < -0.3 is 15.2 Å². The fourth-order valence-corrected chi connectivity index (χ4v) is 2.19. The molecule has 2 N–H and O–H groups in total. The van der Waals surface area contributed by atoms with Crippen molar-refractivity contribution >= 4 is 29.1 Å². The summed E-state index contributed by atoms with van der Waals surface area (Å²) in [5.74, 6) is 0.0658. The zero-order chi connectivity index (χ0) is 14.4. The molecule has 0 saturated heterocycles. The van der Waals surface area contributed by atoms with Gasteiger partial charge in [0.25, 0.3) is 5.91 Å². The number of aliphatic hydroxyl groups is 1. The predicted octanol–water partition coefficient (Wildman–Crippen LogP) is 2.89. The zero-order valence-electron chi connectivity index (χ0n) is 10.9. The average molecular weight is 306 g/mol. The van der Waals surface area contributed by atoms with Crippen molar-refractivity contribution in [2.24, 2.45) is 0 Å². The number of halogens is 2. The van der Waals surface area contributed by atoms with Crippen molar-refractivity contribution in [2.45, 2.75) is 25.9 Å². The summed E-state index contributed by atoms with van der Waals surface area (Å²) in [5.41, 5.74) is 0.363. The van der Waals surface area contributed by atoms with Gasteiger partial charge in [0.05, 0.1) is 23.3 Å². The molecule has 4 nitrogen and oxygen atoms in total. The molecule has 1 amide bonds. The molecule has 1 atom stereocenters. The largest absolute Gasteiger partial charge is 0.494 e. The minimum Gasteiger partial charge on any atom is -0.494 e. The van der Waals surface area contributed by atoms with Gasteiger partial charge in [-0.3, -0.25) is 4.79 Å². The third-order valence-electron chi connectivity index (χ3n) is 2.70. The molecule has 0 bridgehead atoms. The van der Waals surface area contributed by atoms with Crippen LogP contribution in [-0.2, 0) is 0 Å². The van der Waals surface area contributed by atoms with Crippen molar-refractivity contribution in [3.8, 4) is 5.75 Å². The van der Waals surface area contributed by atoms with E-state index in [0.29, 0.717) is 30.7 Å². The Labute approximate surface area is 122 Å². The molecular formula is C13H17Cl2NO3. The van der Waals surface area contributed by atoms with Crippen molar-refractivity contribution in [1.29, 1.82) is 0 Å². The quantitative estimate of drug-likeness (QED) is 0.849. The maximum Gasteiger partial charge on any atom is 0.251 e. The lowest BCUT2D eigenvalue weighted by atomic mass is 10.2. The molecule has 106 valence electrons. The Balaban J connectivity index is 2.68. The van der Waals surface area contributed by atoms with Crippen LogP contribution in [0.2, 0.25) is 10.0 Å². The van der Waals surface area contributed by atoms with Gasteiger partial charge in [-0.1, -0.05) is 30.1 Å². The van der Waals surface area contributed by atoms with Crippen LogP contribution in [0.25, 0.3) is 0 Å². The second kappa shape index (κ2) is 7.58. The first-order chi connectivity index (χ1) is 8.99. The SMILES string of the molecule is CC[C@@H](O)CCNC(=O)c1cc(Cl)c(OC)c(Cl)c1. The van der Waals surface area contributed by atoms with Crippen LogP contribution in [0.3, 0.4) is 0 Å². The van der Waals surface area contributed by atoms with E-state index in [4.69, 9.17) is 27.9 Å². The number of carbonyl (C=O) groups excluding carboxylic acids is 1. The van der Waals surface area contributed by atoms with Crippen LogP contribution in [0.1, 0.15) is 30.1 Å². The van der Waals surface area contributed by atoms with Gasteiger partial charge in [-0.05, 0) is 25.0 Å². The molecule has 0 fully saturated rings. The highest BCUT2D eigenvalue weighted by molar-refractivity contribution is 6.37. The lowest BCUT2D eigenvalue weighted by Gasteiger charge is -2.11. The van der Waals surface area contributed by atoms with Gasteiger partial charge in [-0.2, -0.15) is 0 Å². The lowest BCUT2D eigenvalue weighted by Crippen LogP contribution is -2.27. The third kappa shape index (κ3) is 4.56. The second-order valence-electron chi connectivity index (χ2n) is 4.08. The summed E-state index contributed by atoms with van der Waals surface area (Å²) in [7, 11) is 1.46. The Bertz CT molecular complexity index is 429. The molecule has 0 unspecified atom stereocenters. The number of methoxy groups -OCH3 is 1. The number of carbonyl (C=O) groups is 1. The highest BCUT2D eigenvalue weighted by Gasteiger charge is 2.13. The number of nitrogens with one attached hydrogen (secondary N) is 1. The number of amides is 1. The standard InChI is InChI=1S/C13H17Cl2NO3/c1-3-9(17)4-5-16-13(18)8-6-10(14)12(19-2)11(15)7-8/h6-7,9,17H,3-5H2,1-2H3,(H,16,18)/t9-/m1/s1. The van der Waals surface area contributed by atoms with Gasteiger partial charge in [0, 0.05) is 12.1 Å². The maximum atomic E-state index is 11.9. The molecule has 0 aliphatic rings. The summed E-state index contributed by atoms with van der Waals surface area (Å²) in [6.45, 7) is 2.28. The second-order valence-corrected chi connectivity index (χ2v) is 4.89. The lowest BCUT2D eigenvalue weighted by molar-refractivity contribution is 0.0942. The van der Waals surface area contributed by atoms with Gasteiger partial charge in [0.15, 0.2) is 5.75 Å². The summed E-state index contributed by atoms with van der Waals surface area (Å²) < 4.78 is 5.01. The van der Waals surface area contributed by atoms with Gasteiger partial charge in [-0.25, -0.2) is 0 Å². The number of rotatable bonds is 6. The average Bonchev–Trinajstić information content (AvgIpc) is 2.37. The smallest absolute Gasteiger partial charge is 0.251 e. The van der Waals surface area contributed by atoms with Crippen LogP contribution in [0.4, 0.5) is 0 Å². The van der Waals surface area contributed by atoms with E-state index in [2.05, 4.69) is 5.32 Å². The predicted molar refractivity (Wildman–Crippen MR) is 76.3 cm³/mol. The minimum atomic E-state index is -0.400. The number of benzene rings is 1. The zero-order valence-corrected chi connectivity index (χ0v) is 12.4. The molecule has 0 aromatic heterocycles. The van der Waals surface area contributed by atoms with Crippen molar-refractivity contribution in [3.05, 3.63) is 27.7 Å². The first-order valence-electron chi connectivity index (χ1n) is 5.98. The monoisotopic (exact) mass is 305 g/mol. The molecule has 1 aromatic rings. The van der Waals surface area contributed by atoms with E-state index >= 15 is 0 Å². The highest BCUT2D eigenvalue weighted by Crippen LogP contribution is 2.33. The molecule has 1 aromatic carbocycles. The topological polar surface area (TPSA) is 58.6 Å². The van der Waals surface area contributed by atoms with Crippen molar-refractivity contribution in [3.63, 3.8) is 0 Å². The number of hydrogen-bond acceptors (Lipinski definition) is 3. The Hall–Kier alpha value is -0.970. The summed E-state index contributed by atoms with van der Waals surface area (Å²) in [5, 5.41) is 12.7. The van der Waals surface area contributed by atoms with Crippen LogP contribution in [0, 0.1) is 0 Å². The number of ether oxygens (including phenoxy) is 1.